The van der Waals surface area contributed by atoms with Crippen LogP contribution in [0, 0.1) is 17.8 Å². The van der Waals surface area contributed by atoms with E-state index in [1.807, 2.05) is 6.08 Å². The van der Waals surface area contributed by atoms with Crippen molar-refractivity contribution in [1.82, 2.24) is 0 Å². The minimum Gasteiger partial charge on any atom is -0.393 e. The van der Waals surface area contributed by atoms with Crippen LogP contribution in [0.4, 0.5) is 0 Å². The predicted molar refractivity (Wildman–Crippen MR) is 72.0 cm³/mol. The van der Waals surface area contributed by atoms with Gasteiger partial charge in [0.1, 0.15) is 0 Å². The Morgan fingerprint density at radius 2 is 2.11 bits per heavy atom. The summed E-state index contributed by atoms with van der Waals surface area (Å²) in [6.45, 7) is 3.89. The molecule has 0 aromatic rings. The summed E-state index contributed by atoms with van der Waals surface area (Å²) < 4.78 is 0. The molecular weight excluding hydrogens is 224 g/mol. The number of aliphatic hydroxyl groups excluding tert-OH is 1. The second-order valence-electron chi connectivity index (χ2n) is 6.41. The first-order valence-corrected chi connectivity index (χ1v) is 7.37. The van der Waals surface area contributed by atoms with E-state index in [4.69, 9.17) is 0 Å². The molecule has 0 heterocycles. The summed E-state index contributed by atoms with van der Waals surface area (Å²) in [5, 5.41) is 21.1. The van der Waals surface area contributed by atoms with Crippen LogP contribution in [0.3, 0.4) is 0 Å². The van der Waals surface area contributed by atoms with Crippen molar-refractivity contribution in [2.45, 2.75) is 56.7 Å². The Morgan fingerprint density at radius 1 is 1.28 bits per heavy atom. The van der Waals surface area contributed by atoms with Crippen LogP contribution in [0.1, 0.15) is 44.9 Å². The molecule has 5 atom stereocenters. The SMILES string of the molecule is C=CC1C=C2CCC3(O)CCCC(O)C3C2CC1. The van der Waals surface area contributed by atoms with E-state index in [0.29, 0.717) is 11.8 Å². The topological polar surface area (TPSA) is 40.5 Å². The molecule has 100 valence electrons. The summed E-state index contributed by atoms with van der Waals surface area (Å²) >= 11 is 0. The monoisotopic (exact) mass is 248 g/mol. The molecule has 0 radical (unpaired) electrons. The molecule has 2 nitrogen and oxygen atoms in total. The largest absolute Gasteiger partial charge is 0.393 e. The number of fused-ring (bicyclic) bond motifs is 3. The highest BCUT2D eigenvalue weighted by molar-refractivity contribution is 5.23. The lowest BCUT2D eigenvalue weighted by atomic mass is 9.57. The zero-order valence-corrected chi connectivity index (χ0v) is 11.0. The van der Waals surface area contributed by atoms with Gasteiger partial charge in [-0.25, -0.2) is 0 Å². The van der Waals surface area contributed by atoms with Crippen LogP contribution in [-0.2, 0) is 0 Å². The van der Waals surface area contributed by atoms with Crippen molar-refractivity contribution in [1.29, 1.82) is 0 Å². The molecule has 3 aliphatic rings. The lowest BCUT2D eigenvalue weighted by Crippen LogP contribution is -2.54. The molecule has 0 bridgehead atoms. The summed E-state index contributed by atoms with van der Waals surface area (Å²) in [6.07, 6.45) is 10.8. The second kappa shape index (κ2) is 4.50. The quantitative estimate of drug-likeness (QED) is 0.701. The van der Waals surface area contributed by atoms with Gasteiger partial charge < -0.3 is 10.2 Å². The summed E-state index contributed by atoms with van der Waals surface area (Å²) in [5.74, 6) is 0.996. The van der Waals surface area contributed by atoms with Crippen LogP contribution < -0.4 is 0 Å². The molecule has 0 saturated heterocycles. The number of rotatable bonds is 1. The van der Waals surface area contributed by atoms with Gasteiger partial charge in [-0.1, -0.05) is 17.7 Å². The highest BCUT2D eigenvalue weighted by Gasteiger charge is 2.51. The molecule has 2 saturated carbocycles. The van der Waals surface area contributed by atoms with E-state index in [0.717, 1.165) is 44.9 Å². The zero-order chi connectivity index (χ0) is 12.8. The molecular formula is C16H24O2. The maximum Gasteiger partial charge on any atom is 0.0709 e. The average molecular weight is 248 g/mol. The van der Waals surface area contributed by atoms with Crippen molar-refractivity contribution < 1.29 is 10.2 Å². The molecule has 2 fully saturated rings. The number of hydrogen-bond donors (Lipinski definition) is 2. The van der Waals surface area contributed by atoms with E-state index in [9.17, 15) is 10.2 Å². The van der Waals surface area contributed by atoms with Crippen LogP contribution >= 0.6 is 0 Å². The summed E-state index contributed by atoms with van der Waals surface area (Å²) in [5.41, 5.74) is 0.877. The van der Waals surface area contributed by atoms with E-state index >= 15 is 0 Å². The Labute approximate surface area is 109 Å². The van der Waals surface area contributed by atoms with Gasteiger partial charge in [0, 0.05) is 5.92 Å². The van der Waals surface area contributed by atoms with Crippen molar-refractivity contribution >= 4 is 0 Å². The van der Waals surface area contributed by atoms with Crippen LogP contribution in [0.2, 0.25) is 0 Å². The van der Waals surface area contributed by atoms with Crippen LogP contribution in [-0.4, -0.2) is 21.9 Å². The molecule has 18 heavy (non-hydrogen) atoms. The Balaban J connectivity index is 1.90. The summed E-state index contributed by atoms with van der Waals surface area (Å²) in [7, 11) is 0. The highest BCUT2D eigenvalue weighted by atomic mass is 16.3. The number of allylic oxidation sites excluding steroid dienone is 3. The normalized spacial score (nSPS) is 47.8. The zero-order valence-electron chi connectivity index (χ0n) is 11.0. The third-order valence-electron chi connectivity index (χ3n) is 5.44. The second-order valence-corrected chi connectivity index (χ2v) is 6.41. The van der Waals surface area contributed by atoms with E-state index < -0.39 is 5.60 Å². The Morgan fingerprint density at radius 3 is 2.89 bits per heavy atom. The Bertz CT molecular complexity index is 373. The summed E-state index contributed by atoms with van der Waals surface area (Å²) in [4.78, 5) is 0. The van der Waals surface area contributed by atoms with E-state index in [1.165, 1.54) is 5.57 Å². The van der Waals surface area contributed by atoms with Crippen LogP contribution in [0.5, 0.6) is 0 Å². The summed E-state index contributed by atoms with van der Waals surface area (Å²) in [6, 6.07) is 0. The molecule has 0 spiro atoms. The molecule has 0 aromatic heterocycles. The van der Waals surface area contributed by atoms with Gasteiger partial charge in [-0.15, -0.1) is 6.58 Å². The van der Waals surface area contributed by atoms with Gasteiger partial charge in [0.2, 0.25) is 0 Å². The van der Waals surface area contributed by atoms with Gasteiger partial charge in [0.25, 0.3) is 0 Å². The maximum absolute atomic E-state index is 10.8. The first kappa shape index (κ1) is 12.4. The third-order valence-corrected chi connectivity index (χ3v) is 5.44. The molecule has 5 unspecified atom stereocenters. The highest BCUT2D eigenvalue weighted by Crippen LogP contribution is 2.52. The molecule has 0 aliphatic heterocycles. The Hall–Kier alpha value is -0.600. The van der Waals surface area contributed by atoms with E-state index in [-0.39, 0.29) is 12.0 Å². The van der Waals surface area contributed by atoms with Crippen molar-refractivity contribution in [3.63, 3.8) is 0 Å². The maximum atomic E-state index is 10.8. The lowest BCUT2D eigenvalue weighted by Gasteiger charge is -2.52. The van der Waals surface area contributed by atoms with Crippen LogP contribution in [0.15, 0.2) is 24.3 Å². The molecule has 0 aromatic carbocycles. The van der Waals surface area contributed by atoms with Gasteiger partial charge in [-0.3, -0.25) is 0 Å². The predicted octanol–water partition coefficient (Wildman–Crippen LogP) is 2.81. The first-order chi connectivity index (χ1) is 8.64. The van der Waals surface area contributed by atoms with Crippen molar-refractivity contribution in [2.24, 2.45) is 17.8 Å². The van der Waals surface area contributed by atoms with Crippen molar-refractivity contribution in [3.05, 3.63) is 24.3 Å². The first-order valence-electron chi connectivity index (χ1n) is 7.37. The van der Waals surface area contributed by atoms with Gasteiger partial charge in [-0.05, 0) is 56.8 Å². The molecule has 3 aliphatic carbocycles. The molecule has 2 N–H and O–H groups in total. The van der Waals surface area contributed by atoms with Gasteiger partial charge >= 0.3 is 0 Å². The number of aliphatic hydroxyl groups is 2. The number of hydrogen-bond acceptors (Lipinski definition) is 2. The Kier molecular flexibility index (Phi) is 3.11. The van der Waals surface area contributed by atoms with E-state index in [2.05, 4.69) is 12.7 Å². The standard InChI is InChI=1S/C16H24O2/c1-2-11-5-6-13-12(10-11)7-9-16(18)8-3-4-14(17)15(13)16/h2,10-11,13-15,17-18H,1,3-9H2. The van der Waals surface area contributed by atoms with E-state index in [1.54, 1.807) is 0 Å². The third kappa shape index (κ3) is 1.86. The van der Waals surface area contributed by atoms with Crippen molar-refractivity contribution in [2.75, 3.05) is 0 Å². The average Bonchev–Trinajstić information content (AvgIpc) is 2.37. The van der Waals surface area contributed by atoms with Crippen molar-refractivity contribution in [3.8, 4) is 0 Å². The van der Waals surface area contributed by atoms with Gasteiger partial charge in [0.05, 0.1) is 11.7 Å². The minimum atomic E-state index is -0.597. The van der Waals surface area contributed by atoms with Gasteiger partial charge in [0.15, 0.2) is 0 Å². The molecule has 3 rings (SSSR count). The minimum absolute atomic E-state index is 0.0806. The van der Waals surface area contributed by atoms with Crippen LogP contribution in [0.25, 0.3) is 0 Å². The lowest BCUT2D eigenvalue weighted by molar-refractivity contribution is -0.138. The smallest absolute Gasteiger partial charge is 0.0709 e. The fourth-order valence-electron chi connectivity index (χ4n) is 4.52. The molecule has 0 amide bonds. The molecule has 2 heteroatoms. The van der Waals surface area contributed by atoms with Gasteiger partial charge in [-0.2, -0.15) is 0 Å². The fraction of sp³-hybridized carbons (Fsp3) is 0.750. The fourth-order valence-corrected chi connectivity index (χ4v) is 4.52.